The van der Waals surface area contributed by atoms with Crippen molar-refractivity contribution in [2.45, 2.75) is 39.0 Å². The normalized spacial score (nSPS) is 15.6. The molecule has 2 aromatic rings. The van der Waals surface area contributed by atoms with Crippen LogP contribution in [0.4, 0.5) is 0 Å². The summed E-state index contributed by atoms with van der Waals surface area (Å²) in [6, 6.07) is 7.28. The largest absolute Gasteiger partial charge is 0.497 e. The van der Waals surface area contributed by atoms with E-state index in [-0.39, 0.29) is 11.8 Å². The Balaban J connectivity index is 1.52. The number of amides is 1. The van der Waals surface area contributed by atoms with Crippen LogP contribution in [-0.2, 0) is 6.42 Å². The van der Waals surface area contributed by atoms with Crippen LogP contribution in [0.3, 0.4) is 0 Å². The molecule has 1 amide bonds. The number of methoxy groups -OCH3 is 1. The van der Waals surface area contributed by atoms with Gasteiger partial charge >= 0.3 is 0 Å². The molecule has 1 aliphatic rings. The molecular formula is C19H25N3O3. The Bertz CT molecular complexity index is 701. The first-order chi connectivity index (χ1) is 12.1. The average molecular weight is 343 g/mol. The second-order valence-electron chi connectivity index (χ2n) is 6.87. The minimum Gasteiger partial charge on any atom is -0.497 e. The quantitative estimate of drug-likeness (QED) is 0.833. The zero-order valence-electron chi connectivity index (χ0n) is 15.1. The number of carbonyl (C=O) groups excluding carboxylic acids is 1. The third kappa shape index (κ3) is 4.18. The number of aromatic nitrogens is 2. The number of carbonyl (C=O) groups is 1. The van der Waals surface area contributed by atoms with Gasteiger partial charge < -0.3 is 14.2 Å². The Kier molecular flexibility index (Phi) is 5.36. The van der Waals surface area contributed by atoms with Gasteiger partial charge in [-0.15, -0.1) is 0 Å². The van der Waals surface area contributed by atoms with E-state index < -0.39 is 0 Å². The molecule has 0 aliphatic carbocycles. The summed E-state index contributed by atoms with van der Waals surface area (Å²) in [5.41, 5.74) is 0.706. The van der Waals surface area contributed by atoms with E-state index in [1.165, 1.54) is 0 Å². The maximum atomic E-state index is 12.6. The summed E-state index contributed by atoms with van der Waals surface area (Å²) >= 11 is 0. The van der Waals surface area contributed by atoms with Gasteiger partial charge in [0.25, 0.3) is 5.91 Å². The van der Waals surface area contributed by atoms with Crippen molar-refractivity contribution in [3.05, 3.63) is 41.5 Å². The van der Waals surface area contributed by atoms with Gasteiger partial charge in [-0.1, -0.05) is 19.0 Å². The van der Waals surface area contributed by atoms with E-state index in [0.717, 1.165) is 43.9 Å². The van der Waals surface area contributed by atoms with Gasteiger partial charge in [0.2, 0.25) is 5.89 Å². The summed E-state index contributed by atoms with van der Waals surface area (Å²) in [5.74, 6) is 3.09. The maximum Gasteiger partial charge on any atom is 0.253 e. The van der Waals surface area contributed by atoms with Gasteiger partial charge in [0, 0.05) is 31.0 Å². The summed E-state index contributed by atoms with van der Waals surface area (Å²) in [5, 5.41) is 4.02. The number of hydrogen-bond donors (Lipinski definition) is 0. The molecule has 0 N–H and O–H groups in total. The Hall–Kier alpha value is -2.37. The molecule has 3 rings (SSSR count). The highest BCUT2D eigenvalue weighted by Gasteiger charge is 2.25. The van der Waals surface area contributed by atoms with Gasteiger partial charge in [-0.3, -0.25) is 4.79 Å². The molecule has 0 bridgehead atoms. The standard InChI is InChI=1S/C19H25N3O3/c1-13(2)18-20-17(25-21-18)12-14-8-10-22(11-9-14)19(23)15-4-6-16(24-3)7-5-15/h4-7,13-14H,8-12H2,1-3H3. The van der Waals surface area contributed by atoms with Crippen LogP contribution in [0.2, 0.25) is 0 Å². The van der Waals surface area contributed by atoms with Crippen molar-refractivity contribution in [2.75, 3.05) is 20.2 Å². The van der Waals surface area contributed by atoms with E-state index in [0.29, 0.717) is 17.4 Å². The summed E-state index contributed by atoms with van der Waals surface area (Å²) < 4.78 is 10.5. The van der Waals surface area contributed by atoms with Gasteiger partial charge in [-0.05, 0) is 43.0 Å². The molecule has 0 spiro atoms. The van der Waals surface area contributed by atoms with E-state index in [2.05, 4.69) is 24.0 Å². The number of piperidine rings is 1. The van der Waals surface area contributed by atoms with Crippen LogP contribution in [-0.4, -0.2) is 41.1 Å². The molecule has 1 aromatic heterocycles. The lowest BCUT2D eigenvalue weighted by atomic mass is 9.93. The molecule has 0 radical (unpaired) electrons. The van der Waals surface area contributed by atoms with Crippen molar-refractivity contribution in [1.29, 1.82) is 0 Å². The van der Waals surface area contributed by atoms with Crippen LogP contribution >= 0.6 is 0 Å². The molecule has 1 aliphatic heterocycles. The fourth-order valence-electron chi connectivity index (χ4n) is 3.09. The van der Waals surface area contributed by atoms with E-state index in [1.54, 1.807) is 7.11 Å². The third-order valence-electron chi connectivity index (χ3n) is 4.70. The van der Waals surface area contributed by atoms with E-state index in [4.69, 9.17) is 9.26 Å². The Morgan fingerprint density at radius 3 is 2.52 bits per heavy atom. The number of rotatable bonds is 5. The van der Waals surface area contributed by atoms with Crippen molar-refractivity contribution < 1.29 is 14.1 Å². The van der Waals surface area contributed by atoms with Crippen molar-refractivity contribution >= 4 is 5.91 Å². The van der Waals surface area contributed by atoms with Crippen LogP contribution in [0, 0.1) is 5.92 Å². The SMILES string of the molecule is COc1ccc(C(=O)N2CCC(Cc3nc(C(C)C)no3)CC2)cc1. The first-order valence-corrected chi connectivity index (χ1v) is 8.82. The number of benzene rings is 1. The van der Waals surface area contributed by atoms with E-state index in [9.17, 15) is 4.79 Å². The molecule has 134 valence electrons. The first-order valence-electron chi connectivity index (χ1n) is 8.82. The fourth-order valence-corrected chi connectivity index (χ4v) is 3.09. The molecule has 0 unspecified atom stereocenters. The highest BCUT2D eigenvalue weighted by molar-refractivity contribution is 5.94. The molecule has 1 aromatic carbocycles. The van der Waals surface area contributed by atoms with Crippen molar-refractivity contribution in [3.8, 4) is 5.75 Å². The predicted octanol–water partition coefficient (Wildman–Crippen LogP) is 3.30. The van der Waals surface area contributed by atoms with Crippen LogP contribution in [0.5, 0.6) is 5.75 Å². The highest BCUT2D eigenvalue weighted by Crippen LogP contribution is 2.23. The number of likely N-dealkylation sites (tertiary alicyclic amines) is 1. The van der Waals surface area contributed by atoms with Crippen LogP contribution in [0.1, 0.15) is 54.7 Å². The number of nitrogens with zero attached hydrogens (tertiary/aromatic N) is 3. The van der Waals surface area contributed by atoms with Gasteiger partial charge in [-0.25, -0.2) is 0 Å². The minimum atomic E-state index is 0.0842. The number of hydrogen-bond acceptors (Lipinski definition) is 5. The van der Waals surface area contributed by atoms with Gasteiger partial charge in [-0.2, -0.15) is 4.98 Å². The fraction of sp³-hybridized carbons (Fsp3) is 0.526. The monoisotopic (exact) mass is 343 g/mol. The lowest BCUT2D eigenvalue weighted by molar-refractivity contribution is 0.0687. The van der Waals surface area contributed by atoms with Gasteiger partial charge in [0.1, 0.15) is 5.75 Å². The van der Waals surface area contributed by atoms with Crippen molar-refractivity contribution in [3.63, 3.8) is 0 Å². The third-order valence-corrected chi connectivity index (χ3v) is 4.70. The second kappa shape index (κ2) is 7.68. The lowest BCUT2D eigenvalue weighted by Crippen LogP contribution is -2.38. The zero-order chi connectivity index (χ0) is 17.8. The van der Waals surface area contributed by atoms with Gasteiger partial charge in [0.05, 0.1) is 7.11 Å². The molecule has 1 saturated heterocycles. The zero-order valence-corrected chi connectivity index (χ0v) is 15.1. The smallest absolute Gasteiger partial charge is 0.253 e. The second-order valence-corrected chi connectivity index (χ2v) is 6.87. The topological polar surface area (TPSA) is 68.5 Å². The Morgan fingerprint density at radius 2 is 1.96 bits per heavy atom. The molecule has 1 fully saturated rings. The highest BCUT2D eigenvalue weighted by atomic mass is 16.5. The van der Waals surface area contributed by atoms with Crippen LogP contribution in [0.25, 0.3) is 0 Å². The summed E-state index contributed by atoms with van der Waals surface area (Å²) in [7, 11) is 1.62. The molecule has 2 heterocycles. The summed E-state index contributed by atoms with van der Waals surface area (Å²) in [6.07, 6.45) is 2.72. The molecule has 6 heteroatoms. The van der Waals surface area contributed by atoms with Crippen LogP contribution < -0.4 is 4.74 Å². The molecule has 6 nitrogen and oxygen atoms in total. The Morgan fingerprint density at radius 1 is 1.28 bits per heavy atom. The molecule has 25 heavy (non-hydrogen) atoms. The van der Waals surface area contributed by atoms with Crippen LogP contribution in [0.15, 0.2) is 28.8 Å². The summed E-state index contributed by atoms with van der Waals surface area (Å²) in [4.78, 5) is 19.0. The van der Waals surface area contributed by atoms with Crippen molar-refractivity contribution in [2.24, 2.45) is 5.92 Å². The maximum absolute atomic E-state index is 12.6. The molecule has 0 saturated carbocycles. The first kappa shape index (κ1) is 17.5. The molecular weight excluding hydrogens is 318 g/mol. The lowest BCUT2D eigenvalue weighted by Gasteiger charge is -2.31. The predicted molar refractivity (Wildman–Crippen MR) is 93.7 cm³/mol. The van der Waals surface area contributed by atoms with E-state index in [1.807, 2.05) is 29.2 Å². The van der Waals surface area contributed by atoms with Gasteiger partial charge in [0.15, 0.2) is 5.82 Å². The average Bonchev–Trinajstić information content (AvgIpc) is 3.11. The minimum absolute atomic E-state index is 0.0842. The summed E-state index contributed by atoms with van der Waals surface area (Å²) in [6.45, 7) is 5.64. The Labute approximate surface area is 148 Å². The molecule has 0 atom stereocenters. The number of ether oxygens (including phenoxy) is 1. The van der Waals surface area contributed by atoms with Crippen molar-refractivity contribution in [1.82, 2.24) is 15.0 Å². The van der Waals surface area contributed by atoms with E-state index >= 15 is 0 Å².